The van der Waals surface area contributed by atoms with Crippen molar-refractivity contribution in [3.05, 3.63) is 53.4 Å². The van der Waals surface area contributed by atoms with Crippen LogP contribution in [0.4, 0.5) is 10.1 Å². The Morgan fingerprint density at radius 2 is 1.82 bits per heavy atom. The number of thioether (sulfide) groups is 1. The van der Waals surface area contributed by atoms with E-state index in [2.05, 4.69) is 10.3 Å². The minimum absolute atomic E-state index is 0.0529. The minimum atomic E-state index is -0.344. The Morgan fingerprint density at radius 1 is 1.11 bits per heavy atom. The third kappa shape index (κ3) is 6.19. The van der Waals surface area contributed by atoms with Gasteiger partial charge in [-0.25, -0.2) is 9.37 Å². The van der Waals surface area contributed by atoms with Crippen molar-refractivity contribution in [2.24, 2.45) is 0 Å². The number of rotatable bonds is 6. The fraction of sp³-hybridized carbons (Fsp3) is 0.316. The molecule has 1 fully saturated rings. The zero-order valence-corrected chi connectivity index (χ0v) is 16.7. The Bertz CT molecular complexity index is 812. The molecule has 1 aromatic heterocycles. The van der Waals surface area contributed by atoms with Crippen LogP contribution in [0.5, 0.6) is 0 Å². The molecule has 1 aliphatic heterocycles. The van der Waals surface area contributed by atoms with Crippen molar-refractivity contribution in [3.8, 4) is 0 Å². The van der Waals surface area contributed by atoms with Gasteiger partial charge in [-0.15, -0.1) is 0 Å². The second-order valence-electron chi connectivity index (χ2n) is 6.32. The minimum Gasteiger partial charge on any atom is -0.339 e. The number of halogens is 2. The van der Waals surface area contributed by atoms with Crippen LogP contribution in [0.25, 0.3) is 0 Å². The number of benzene rings is 1. The van der Waals surface area contributed by atoms with Crippen LogP contribution < -0.4 is 5.32 Å². The summed E-state index contributed by atoms with van der Waals surface area (Å²) in [4.78, 5) is 32.4. The smallest absolute Gasteiger partial charge is 0.238 e. The highest BCUT2D eigenvalue weighted by Crippen LogP contribution is 2.18. The first kappa shape index (κ1) is 20.6. The Hall–Kier alpha value is -2.16. The Labute approximate surface area is 172 Å². The number of amides is 2. The van der Waals surface area contributed by atoms with E-state index in [1.54, 1.807) is 23.2 Å². The number of nitrogens with one attached hydrogen (secondary N) is 1. The van der Waals surface area contributed by atoms with E-state index in [0.717, 1.165) is 5.03 Å². The van der Waals surface area contributed by atoms with Crippen LogP contribution in [0.1, 0.15) is 0 Å². The quantitative estimate of drug-likeness (QED) is 0.725. The molecule has 0 bridgehead atoms. The van der Waals surface area contributed by atoms with Gasteiger partial charge in [0.1, 0.15) is 5.82 Å². The number of pyridine rings is 1. The summed E-state index contributed by atoms with van der Waals surface area (Å²) in [6.07, 6.45) is 1.56. The van der Waals surface area contributed by atoms with Gasteiger partial charge >= 0.3 is 0 Å². The molecule has 2 amide bonds. The first-order valence-corrected chi connectivity index (χ1v) is 10.2. The number of nitrogens with zero attached hydrogens (tertiary/aromatic N) is 3. The van der Waals surface area contributed by atoms with Gasteiger partial charge in [-0.1, -0.05) is 23.4 Å². The van der Waals surface area contributed by atoms with E-state index in [0.29, 0.717) is 42.6 Å². The average Bonchev–Trinajstić information content (AvgIpc) is 2.69. The summed E-state index contributed by atoms with van der Waals surface area (Å²) >= 11 is 7.18. The largest absolute Gasteiger partial charge is 0.339 e. The van der Waals surface area contributed by atoms with Crippen LogP contribution in [0.2, 0.25) is 5.02 Å². The number of carbonyl (C=O) groups is 2. The lowest BCUT2D eigenvalue weighted by Gasteiger charge is -2.34. The maximum Gasteiger partial charge on any atom is 0.238 e. The van der Waals surface area contributed by atoms with Crippen molar-refractivity contribution in [2.75, 3.05) is 43.8 Å². The predicted octanol–water partition coefficient (Wildman–Crippen LogP) is 2.75. The van der Waals surface area contributed by atoms with Crippen LogP contribution in [0.15, 0.2) is 47.6 Å². The monoisotopic (exact) mass is 422 g/mol. The Kier molecular flexibility index (Phi) is 7.24. The topological polar surface area (TPSA) is 65.5 Å². The molecular formula is C19H20ClFN4O2S. The van der Waals surface area contributed by atoms with Crippen LogP contribution in [-0.4, -0.2) is 65.1 Å². The zero-order valence-electron chi connectivity index (χ0n) is 15.1. The SMILES string of the molecule is O=C(CN1CCN(C(=O)CSc2ccc(Cl)cn2)CC1)Nc1ccc(F)cc1. The van der Waals surface area contributed by atoms with Gasteiger partial charge in [0.2, 0.25) is 11.8 Å². The summed E-state index contributed by atoms with van der Waals surface area (Å²) in [5.74, 6) is -0.128. The first-order valence-electron chi connectivity index (χ1n) is 8.79. The van der Waals surface area contributed by atoms with Gasteiger partial charge in [-0.3, -0.25) is 14.5 Å². The van der Waals surface area contributed by atoms with Gasteiger partial charge in [-0.05, 0) is 36.4 Å². The number of hydrogen-bond donors (Lipinski definition) is 1. The number of hydrogen-bond acceptors (Lipinski definition) is 5. The third-order valence-electron chi connectivity index (χ3n) is 4.26. The molecule has 0 radical (unpaired) electrons. The molecule has 1 aliphatic rings. The molecule has 2 heterocycles. The molecule has 148 valence electrons. The van der Waals surface area contributed by atoms with E-state index >= 15 is 0 Å². The third-order valence-corrected chi connectivity index (χ3v) is 5.42. The highest BCUT2D eigenvalue weighted by Gasteiger charge is 2.22. The average molecular weight is 423 g/mol. The summed E-state index contributed by atoms with van der Waals surface area (Å²) in [5.41, 5.74) is 0.563. The Morgan fingerprint density at radius 3 is 2.46 bits per heavy atom. The van der Waals surface area contributed by atoms with Crippen molar-refractivity contribution in [3.63, 3.8) is 0 Å². The van der Waals surface area contributed by atoms with Crippen molar-refractivity contribution in [2.45, 2.75) is 5.03 Å². The lowest BCUT2D eigenvalue weighted by molar-refractivity contribution is -0.130. The van der Waals surface area contributed by atoms with E-state index in [1.807, 2.05) is 4.90 Å². The molecular weight excluding hydrogens is 403 g/mol. The van der Waals surface area contributed by atoms with Gasteiger partial charge in [-0.2, -0.15) is 0 Å². The van der Waals surface area contributed by atoms with Crippen molar-refractivity contribution in [1.29, 1.82) is 0 Å². The molecule has 0 saturated carbocycles. The predicted molar refractivity (Wildman–Crippen MR) is 108 cm³/mol. The van der Waals surface area contributed by atoms with Crippen LogP contribution >= 0.6 is 23.4 Å². The molecule has 6 nitrogen and oxygen atoms in total. The molecule has 0 spiro atoms. The second kappa shape index (κ2) is 9.86. The van der Waals surface area contributed by atoms with E-state index in [1.165, 1.54) is 36.0 Å². The summed E-state index contributed by atoms with van der Waals surface area (Å²) < 4.78 is 12.9. The van der Waals surface area contributed by atoms with Gasteiger partial charge < -0.3 is 10.2 Å². The van der Waals surface area contributed by atoms with Crippen LogP contribution in [0, 0.1) is 5.82 Å². The number of carbonyl (C=O) groups excluding carboxylic acids is 2. The molecule has 1 saturated heterocycles. The lowest BCUT2D eigenvalue weighted by atomic mass is 10.3. The number of anilines is 1. The van der Waals surface area contributed by atoms with E-state index in [4.69, 9.17) is 11.6 Å². The fourth-order valence-corrected chi connectivity index (χ4v) is 3.62. The standard InChI is InChI=1S/C19H20ClFN4O2S/c20-14-1-6-18(22-11-14)28-13-19(27)25-9-7-24(8-10-25)12-17(26)23-16-4-2-15(21)3-5-16/h1-6,11H,7-10,12-13H2,(H,23,26). The van der Waals surface area contributed by atoms with Crippen LogP contribution in [-0.2, 0) is 9.59 Å². The zero-order chi connectivity index (χ0) is 19.9. The second-order valence-corrected chi connectivity index (χ2v) is 7.75. The van der Waals surface area contributed by atoms with Crippen molar-refractivity contribution >= 4 is 40.9 Å². The maximum absolute atomic E-state index is 12.9. The molecule has 28 heavy (non-hydrogen) atoms. The van der Waals surface area contributed by atoms with E-state index in [9.17, 15) is 14.0 Å². The molecule has 1 aromatic carbocycles. The van der Waals surface area contributed by atoms with Crippen molar-refractivity contribution < 1.29 is 14.0 Å². The van der Waals surface area contributed by atoms with Crippen molar-refractivity contribution in [1.82, 2.24) is 14.8 Å². The fourth-order valence-electron chi connectivity index (χ4n) is 2.77. The van der Waals surface area contributed by atoms with E-state index < -0.39 is 0 Å². The van der Waals surface area contributed by atoms with Gasteiger partial charge in [0.25, 0.3) is 0 Å². The molecule has 0 aliphatic carbocycles. The molecule has 1 N–H and O–H groups in total. The summed E-state index contributed by atoms with van der Waals surface area (Å²) in [6.45, 7) is 2.66. The number of aromatic nitrogens is 1. The highest BCUT2D eigenvalue weighted by molar-refractivity contribution is 7.99. The van der Waals surface area contributed by atoms with Crippen LogP contribution in [0.3, 0.4) is 0 Å². The van der Waals surface area contributed by atoms with Gasteiger partial charge in [0, 0.05) is 38.1 Å². The molecule has 0 atom stereocenters. The van der Waals surface area contributed by atoms with E-state index in [-0.39, 0.29) is 24.2 Å². The highest BCUT2D eigenvalue weighted by atomic mass is 35.5. The maximum atomic E-state index is 12.9. The lowest BCUT2D eigenvalue weighted by Crippen LogP contribution is -2.50. The first-order chi connectivity index (χ1) is 13.5. The molecule has 3 rings (SSSR count). The van der Waals surface area contributed by atoms with Gasteiger partial charge in [0.05, 0.1) is 22.3 Å². The summed E-state index contributed by atoms with van der Waals surface area (Å²) in [5, 5.41) is 4.07. The molecule has 2 aromatic rings. The normalized spacial score (nSPS) is 14.7. The number of piperazine rings is 1. The van der Waals surface area contributed by atoms with Gasteiger partial charge in [0.15, 0.2) is 0 Å². The molecule has 9 heteroatoms. The Balaban J connectivity index is 1.38. The summed E-state index contributed by atoms with van der Waals surface area (Å²) in [7, 11) is 0. The molecule has 0 unspecified atom stereocenters. The summed E-state index contributed by atoms with van der Waals surface area (Å²) in [6, 6.07) is 9.19.